The van der Waals surface area contributed by atoms with Gasteiger partial charge in [0.2, 0.25) is 0 Å². The third-order valence-corrected chi connectivity index (χ3v) is 7.27. The molecule has 0 radical (unpaired) electrons. The number of thiophene rings is 2. The Bertz CT molecular complexity index is 1630. The molecule has 0 saturated heterocycles. The minimum Gasteiger partial charge on any atom is -0.459 e. The number of carbonyl (C=O) groups is 1. The van der Waals surface area contributed by atoms with Gasteiger partial charge in [0, 0.05) is 32.8 Å². The fourth-order valence-electron chi connectivity index (χ4n) is 3.64. The smallest absolute Gasteiger partial charge is 0.336 e. The number of hydrogen-bond donors (Lipinski definition) is 0. The van der Waals surface area contributed by atoms with Gasteiger partial charge in [0.1, 0.15) is 23.6 Å². The summed E-state index contributed by atoms with van der Waals surface area (Å²) >= 11 is 2.93. The van der Waals surface area contributed by atoms with E-state index in [2.05, 4.69) is 4.98 Å². The molecule has 33 heavy (non-hydrogen) atoms. The lowest BCUT2D eigenvalue weighted by Gasteiger charge is -2.10. The van der Waals surface area contributed by atoms with Gasteiger partial charge in [-0.3, -0.25) is 14.2 Å². The highest BCUT2D eigenvalue weighted by Gasteiger charge is 2.16. The van der Waals surface area contributed by atoms with Gasteiger partial charge in [-0.25, -0.2) is 9.78 Å². The van der Waals surface area contributed by atoms with E-state index in [0.29, 0.717) is 26.7 Å². The maximum atomic E-state index is 13.1. The van der Waals surface area contributed by atoms with Crippen molar-refractivity contribution in [2.24, 2.45) is 0 Å². The molecular weight excluding hydrogens is 460 g/mol. The third-order valence-electron chi connectivity index (χ3n) is 5.48. The Morgan fingerprint density at radius 1 is 1.15 bits per heavy atom. The Labute approximate surface area is 195 Å². The van der Waals surface area contributed by atoms with E-state index >= 15 is 0 Å². The fourth-order valence-corrected chi connectivity index (χ4v) is 5.36. The number of ether oxygens (including phenoxy) is 1. The van der Waals surface area contributed by atoms with Gasteiger partial charge in [-0.05, 0) is 48.6 Å². The number of fused-ring (bicyclic) bond motifs is 2. The topological polar surface area (TPSA) is 91.4 Å². The SMILES string of the molecule is Cc1cc2oc(=O)cc(COC(=O)Cn3cnc4scc(-c5cccs5)c4c3=O)c2cc1C. The first-order valence-corrected chi connectivity index (χ1v) is 11.9. The molecule has 0 bridgehead atoms. The van der Waals surface area contributed by atoms with E-state index in [4.69, 9.17) is 9.15 Å². The molecule has 0 aliphatic carbocycles. The molecule has 0 fully saturated rings. The summed E-state index contributed by atoms with van der Waals surface area (Å²) in [5, 5.41) is 5.06. The number of aromatic nitrogens is 2. The van der Waals surface area contributed by atoms with E-state index in [1.807, 2.05) is 42.8 Å². The molecule has 7 nitrogen and oxygen atoms in total. The Morgan fingerprint density at radius 3 is 2.76 bits per heavy atom. The highest BCUT2D eigenvalue weighted by molar-refractivity contribution is 7.18. The van der Waals surface area contributed by atoms with E-state index in [1.54, 1.807) is 6.07 Å². The molecule has 0 aliphatic heterocycles. The van der Waals surface area contributed by atoms with Crippen molar-refractivity contribution >= 4 is 49.8 Å². The first kappa shape index (κ1) is 21.3. The molecule has 0 amide bonds. The normalized spacial score (nSPS) is 11.3. The largest absolute Gasteiger partial charge is 0.459 e. The highest BCUT2D eigenvalue weighted by atomic mass is 32.1. The number of esters is 1. The molecule has 0 saturated carbocycles. The number of benzene rings is 1. The summed E-state index contributed by atoms with van der Waals surface area (Å²) in [4.78, 5) is 43.5. The van der Waals surface area contributed by atoms with Crippen molar-refractivity contribution in [2.75, 3.05) is 0 Å². The van der Waals surface area contributed by atoms with Crippen LogP contribution in [-0.2, 0) is 22.7 Å². The van der Waals surface area contributed by atoms with E-state index in [1.165, 1.54) is 39.6 Å². The van der Waals surface area contributed by atoms with Crippen LogP contribution in [0.2, 0.25) is 0 Å². The van der Waals surface area contributed by atoms with Gasteiger partial charge in [0.05, 0.1) is 11.7 Å². The molecule has 4 aromatic heterocycles. The molecule has 166 valence electrons. The molecule has 0 unspecified atom stereocenters. The summed E-state index contributed by atoms with van der Waals surface area (Å²) < 4.78 is 11.9. The summed E-state index contributed by atoms with van der Waals surface area (Å²) in [5.41, 5.74) is 3.04. The van der Waals surface area contributed by atoms with Crippen LogP contribution in [-0.4, -0.2) is 15.5 Å². The lowest BCUT2D eigenvalue weighted by atomic mass is 10.0. The summed E-state index contributed by atoms with van der Waals surface area (Å²) in [7, 11) is 0. The second-order valence-electron chi connectivity index (χ2n) is 7.67. The minimum absolute atomic E-state index is 0.104. The zero-order valence-corrected chi connectivity index (χ0v) is 19.4. The molecule has 1 aromatic carbocycles. The molecule has 9 heteroatoms. The Hall–Kier alpha value is -3.56. The molecule has 5 rings (SSSR count). The fraction of sp³-hybridized carbons (Fsp3) is 0.167. The maximum absolute atomic E-state index is 13.1. The van der Waals surface area contributed by atoms with E-state index in [9.17, 15) is 14.4 Å². The van der Waals surface area contributed by atoms with Crippen molar-refractivity contribution in [3.8, 4) is 10.4 Å². The van der Waals surface area contributed by atoms with Crippen LogP contribution in [0.5, 0.6) is 0 Å². The number of rotatable bonds is 5. The van der Waals surface area contributed by atoms with Gasteiger partial charge in [0.15, 0.2) is 0 Å². The number of aryl methyl sites for hydroxylation is 2. The summed E-state index contributed by atoms with van der Waals surface area (Å²) in [6.07, 6.45) is 1.36. The third kappa shape index (κ3) is 4.01. The maximum Gasteiger partial charge on any atom is 0.336 e. The van der Waals surface area contributed by atoms with Gasteiger partial charge < -0.3 is 9.15 Å². The van der Waals surface area contributed by atoms with Gasteiger partial charge in [-0.1, -0.05) is 6.07 Å². The predicted molar refractivity (Wildman–Crippen MR) is 129 cm³/mol. The first-order valence-electron chi connectivity index (χ1n) is 10.1. The van der Waals surface area contributed by atoms with Crippen molar-refractivity contribution in [3.63, 3.8) is 0 Å². The zero-order chi connectivity index (χ0) is 23.1. The van der Waals surface area contributed by atoms with Crippen molar-refractivity contribution in [1.29, 1.82) is 0 Å². The predicted octanol–water partition coefficient (Wildman–Crippen LogP) is 4.65. The average Bonchev–Trinajstić information content (AvgIpc) is 3.45. The summed E-state index contributed by atoms with van der Waals surface area (Å²) in [6, 6.07) is 8.89. The van der Waals surface area contributed by atoms with E-state index in [0.717, 1.165) is 21.6 Å². The van der Waals surface area contributed by atoms with Crippen molar-refractivity contribution in [1.82, 2.24) is 9.55 Å². The van der Waals surface area contributed by atoms with Crippen LogP contribution in [0, 0.1) is 13.8 Å². The van der Waals surface area contributed by atoms with Gasteiger partial charge >= 0.3 is 11.6 Å². The Kier molecular flexibility index (Phi) is 5.43. The van der Waals surface area contributed by atoms with Crippen LogP contribution >= 0.6 is 22.7 Å². The summed E-state index contributed by atoms with van der Waals surface area (Å²) in [5.74, 6) is -0.601. The van der Waals surface area contributed by atoms with Crippen LogP contribution in [0.25, 0.3) is 31.6 Å². The number of carbonyl (C=O) groups excluding carboxylic acids is 1. The van der Waals surface area contributed by atoms with Crippen LogP contribution in [0.1, 0.15) is 16.7 Å². The van der Waals surface area contributed by atoms with Gasteiger partial charge in [-0.15, -0.1) is 22.7 Å². The first-order chi connectivity index (χ1) is 15.9. The lowest BCUT2D eigenvalue weighted by molar-refractivity contribution is -0.145. The van der Waals surface area contributed by atoms with E-state index < -0.39 is 11.6 Å². The highest BCUT2D eigenvalue weighted by Crippen LogP contribution is 2.33. The molecule has 4 heterocycles. The van der Waals surface area contributed by atoms with Crippen LogP contribution < -0.4 is 11.2 Å². The molecule has 0 N–H and O–H groups in total. The second-order valence-corrected chi connectivity index (χ2v) is 9.47. The quantitative estimate of drug-likeness (QED) is 0.270. The van der Waals surface area contributed by atoms with Gasteiger partial charge in [-0.2, -0.15) is 0 Å². The zero-order valence-electron chi connectivity index (χ0n) is 17.8. The lowest BCUT2D eigenvalue weighted by Crippen LogP contribution is -2.25. The number of hydrogen-bond acceptors (Lipinski definition) is 8. The van der Waals surface area contributed by atoms with Crippen LogP contribution in [0.4, 0.5) is 0 Å². The molecule has 0 spiro atoms. The van der Waals surface area contributed by atoms with Crippen molar-refractivity contribution in [3.05, 3.63) is 84.9 Å². The van der Waals surface area contributed by atoms with Crippen molar-refractivity contribution in [2.45, 2.75) is 27.0 Å². The second kappa shape index (κ2) is 8.42. The summed E-state index contributed by atoms with van der Waals surface area (Å²) in [6.45, 7) is 3.51. The molecular formula is C24H18N2O5S2. The Morgan fingerprint density at radius 2 is 1.97 bits per heavy atom. The van der Waals surface area contributed by atoms with E-state index in [-0.39, 0.29) is 18.7 Å². The molecule has 0 atom stereocenters. The Balaban J connectivity index is 1.40. The van der Waals surface area contributed by atoms with Crippen LogP contribution in [0.3, 0.4) is 0 Å². The van der Waals surface area contributed by atoms with Gasteiger partial charge in [0.25, 0.3) is 5.56 Å². The monoisotopic (exact) mass is 478 g/mol. The van der Waals surface area contributed by atoms with Crippen LogP contribution in [0.15, 0.2) is 61.4 Å². The standard InChI is InChI=1S/C24H18N2O5S2/c1-13-6-16-15(8-20(27)31-18(16)7-14(13)2)10-30-21(28)9-26-12-25-23-22(24(26)29)17(11-33-23)19-4-3-5-32-19/h3-8,11-12H,9-10H2,1-2H3. The molecule has 0 aliphatic rings. The average molecular weight is 479 g/mol. The van der Waals surface area contributed by atoms with Crippen molar-refractivity contribution < 1.29 is 13.9 Å². The molecule has 5 aromatic rings. The minimum atomic E-state index is -0.601. The number of nitrogens with zero attached hydrogens (tertiary/aromatic N) is 2.